The normalized spacial score (nSPS) is 11.9. The number of aromatic nitrogens is 1. The van der Waals surface area contributed by atoms with Crippen molar-refractivity contribution in [3.8, 4) is 0 Å². The topological polar surface area (TPSA) is 93.2 Å². The number of aryl methyl sites for hydroxylation is 1. The van der Waals surface area contributed by atoms with Gasteiger partial charge in [0, 0.05) is 7.05 Å². The first-order valence-corrected chi connectivity index (χ1v) is 6.17. The Kier molecular flexibility index (Phi) is 3.88. The van der Waals surface area contributed by atoms with Gasteiger partial charge in [0.15, 0.2) is 0 Å². The fourth-order valence-electron chi connectivity index (χ4n) is 1.93. The maximum absolute atomic E-state index is 11.2. The van der Waals surface area contributed by atoms with Crippen molar-refractivity contribution in [3.05, 3.63) is 46.2 Å². The molecular formula is C13H16N4O3. The molecule has 7 nitrogen and oxygen atoms in total. The van der Waals surface area contributed by atoms with Crippen molar-refractivity contribution in [2.75, 3.05) is 17.7 Å². The number of rotatable bonds is 5. The SMILES string of the molecule is CNc1cccc(NC(C)c2ncc(C)o2)c1[N+](=O)[O-]. The van der Waals surface area contributed by atoms with E-state index < -0.39 is 4.92 Å². The number of nitrogens with zero attached hydrogens (tertiary/aromatic N) is 2. The summed E-state index contributed by atoms with van der Waals surface area (Å²) in [5.41, 5.74) is 0.881. The van der Waals surface area contributed by atoms with Gasteiger partial charge < -0.3 is 15.1 Å². The molecule has 0 spiro atoms. The summed E-state index contributed by atoms with van der Waals surface area (Å²) in [6, 6.07) is 4.79. The van der Waals surface area contributed by atoms with Gasteiger partial charge in [0.2, 0.25) is 5.89 Å². The minimum atomic E-state index is -0.415. The summed E-state index contributed by atoms with van der Waals surface area (Å²) in [4.78, 5) is 14.9. The lowest BCUT2D eigenvalue weighted by Gasteiger charge is -2.13. The number of hydrogen-bond donors (Lipinski definition) is 2. The summed E-state index contributed by atoms with van der Waals surface area (Å²) in [6.07, 6.45) is 1.62. The van der Waals surface area contributed by atoms with E-state index in [1.54, 1.807) is 38.4 Å². The maximum Gasteiger partial charge on any atom is 0.315 e. The third-order valence-electron chi connectivity index (χ3n) is 2.87. The molecule has 1 heterocycles. The fourth-order valence-corrected chi connectivity index (χ4v) is 1.93. The molecule has 2 aromatic rings. The molecule has 7 heteroatoms. The third kappa shape index (κ3) is 2.71. The van der Waals surface area contributed by atoms with Gasteiger partial charge in [-0.25, -0.2) is 4.98 Å². The molecule has 0 saturated heterocycles. The van der Waals surface area contributed by atoms with Crippen LogP contribution in [0, 0.1) is 17.0 Å². The van der Waals surface area contributed by atoms with Gasteiger partial charge in [-0.2, -0.15) is 0 Å². The number of nitro benzene ring substituents is 1. The molecule has 0 aliphatic rings. The van der Waals surface area contributed by atoms with Crippen LogP contribution < -0.4 is 10.6 Å². The van der Waals surface area contributed by atoms with Crippen LogP contribution in [0.5, 0.6) is 0 Å². The van der Waals surface area contributed by atoms with Crippen molar-refractivity contribution >= 4 is 17.1 Å². The molecule has 106 valence electrons. The molecule has 0 fully saturated rings. The standard InChI is InChI=1S/C13H16N4O3/c1-8-7-15-13(20-8)9(2)16-11-6-4-5-10(14-3)12(11)17(18)19/h4-7,9,14,16H,1-3H3. The van der Waals surface area contributed by atoms with E-state index in [0.717, 1.165) is 0 Å². The highest BCUT2D eigenvalue weighted by Gasteiger charge is 2.21. The van der Waals surface area contributed by atoms with Crippen LogP contribution in [0.4, 0.5) is 17.1 Å². The van der Waals surface area contributed by atoms with Gasteiger partial charge in [0.1, 0.15) is 23.2 Å². The first-order chi connectivity index (χ1) is 9.52. The van der Waals surface area contributed by atoms with E-state index in [4.69, 9.17) is 4.42 Å². The second-order valence-electron chi connectivity index (χ2n) is 4.38. The molecule has 1 aromatic heterocycles. The number of benzene rings is 1. The Hall–Kier alpha value is -2.57. The molecular weight excluding hydrogens is 260 g/mol. The van der Waals surface area contributed by atoms with Crippen molar-refractivity contribution in [3.63, 3.8) is 0 Å². The predicted octanol–water partition coefficient (Wildman–Crippen LogP) is 3.11. The highest BCUT2D eigenvalue weighted by atomic mass is 16.6. The summed E-state index contributed by atoms with van der Waals surface area (Å²) >= 11 is 0. The molecule has 0 amide bonds. The highest BCUT2D eigenvalue weighted by molar-refractivity contribution is 5.76. The predicted molar refractivity (Wildman–Crippen MR) is 75.9 cm³/mol. The highest BCUT2D eigenvalue weighted by Crippen LogP contribution is 2.34. The summed E-state index contributed by atoms with van der Waals surface area (Å²) in [6.45, 7) is 3.63. The maximum atomic E-state index is 11.2. The number of nitrogens with one attached hydrogen (secondary N) is 2. The smallest absolute Gasteiger partial charge is 0.315 e. The van der Waals surface area contributed by atoms with E-state index in [0.29, 0.717) is 23.0 Å². The lowest BCUT2D eigenvalue weighted by molar-refractivity contribution is -0.383. The molecule has 0 aliphatic heterocycles. The molecule has 2 N–H and O–H groups in total. The van der Waals surface area contributed by atoms with Crippen LogP contribution in [0.25, 0.3) is 0 Å². The number of para-hydroxylation sites is 1. The van der Waals surface area contributed by atoms with E-state index in [1.807, 2.05) is 6.92 Å². The van der Waals surface area contributed by atoms with Crippen LogP contribution in [0.2, 0.25) is 0 Å². The lowest BCUT2D eigenvalue weighted by Crippen LogP contribution is -2.09. The minimum absolute atomic E-state index is 0.00475. The number of anilines is 2. The summed E-state index contributed by atoms with van der Waals surface area (Å²) in [5.74, 6) is 1.19. The summed E-state index contributed by atoms with van der Waals surface area (Å²) < 4.78 is 5.42. The molecule has 2 rings (SSSR count). The van der Waals surface area contributed by atoms with Crippen LogP contribution in [-0.2, 0) is 0 Å². The summed E-state index contributed by atoms with van der Waals surface area (Å²) in [5, 5.41) is 17.1. The average molecular weight is 276 g/mol. The van der Waals surface area contributed by atoms with E-state index in [9.17, 15) is 10.1 Å². The van der Waals surface area contributed by atoms with Crippen molar-refractivity contribution in [2.24, 2.45) is 0 Å². The molecule has 20 heavy (non-hydrogen) atoms. The Morgan fingerprint density at radius 2 is 2.10 bits per heavy atom. The Morgan fingerprint density at radius 1 is 1.40 bits per heavy atom. The quantitative estimate of drug-likeness (QED) is 0.643. The van der Waals surface area contributed by atoms with Crippen LogP contribution >= 0.6 is 0 Å². The lowest BCUT2D eigenvalue weighted by atomic mass is 10.2. The van der Waals surface area contributed by atoms with Crippen LogP contribution in [0.1, 0.15) is 24.6 Å². The minimum Gasteiger partial charge on any atom is -0.444 e. The third-order valence-corrected chi connectivity index (χ3v) is 2.87. The van der Waals surface area contributed by atoms with Crippen molar-refractivity contribution in [1.82, 2.24) is 4.98 Å². The largest absolute Gasteiger partial charge is 0.444 e. The van der Waals surface area contributed by atoms with Gasteiger partial charge in [0.05, 0.1) is 11.1 Å². The molecule has 0 bridgehead atoms. The zero-order valence-corrected chi connectivity index (χ0v) is 11.5. The second-order valence-corrected chi connectivity index (χ2v) is 4.38. The molecule has 0 saturated carbocycles. The van der Waals surface area contributed by atoms with Gasteiger partial charge >= 0.3 is 5.69 Å². The molecule has 0 aliphatic carbocycles. The Labute approximate surface area is 116 Å². The van der Waals surface area contributed by atoms with Crippen LogP contribution in [0.15, 0.2) is 28.8 Å². The fraction of sp³-hybridized carbons (Fsp3) is 0.308. The first-order valence-electron chi connectivity index (χ1n) is 6.17. The van der Waals surface area contributed by atoms with Gasteiger partial charge in [-0.05, 0) is 26.0 Å². The molecule has 0 radical (unpaired) electrons. The second kappa shape index (κ2) is 5.60. The number of oxazole rings is 1. The van der Waals surface area contributed by atoms with Crippen LogP contribution in [0.3, 0.4) is 0 Å². The van der Waals surface area contributed by atoms with Gasteiger partial charge in [-0.1, -0.05) is 6.07 Å². The molecule has 1 aromatic carbocycles. The van der Waals surface area contributed by atoms with Crippen molar-refractivity contribution < 1.29 is 9.34 Å². The average Bonchev–Trinajstić information content (AvgIpc) is 2.84. The van der Waals surface area contributed by atoms with E-state index >= 15 is 0 Å². The van der Waals surface area contributed by atoms with Gasteiger partial charge in [-0.15, -0.1) is 0 Å². The van der Waals surface area contributed by atoms with E-state index in [2.05, 4.69) is 15.6 Å². The monoisotopic (exact) mass is 276 g/mol. The van der Waals surface area contributed by atoms with Crippen molar-refractivity contribution in [2.45, 2.75) is 19.9 Å². The first kappa shape index (κ1) is 13.9. The van der Waals surface area contributed by atoms with E-state index in [1.165, 1.54) is 0 Å². The Morgan fingerprint density at radius 3 is 2.65 bits per heavy atom. The Balaban J connectivity index is 2.31. The zero-order chi connectivity index (χ0) is 14.7. The molecule has 1 atom stereocenters. The number of nitro groups is 1. The van der Waals surface area contributed by atoms with Gasteiger partial charge in [-0.3, -0.25) is 10.1 Å². The zero-order valence-electron chi connectivity index (χ0n) is 11.5. The summed E-state index contributed by atoms with van der Waals surface area (Å²) in [7, 11) is 1.65. The Bertz CT molecular complexity index is 624. The van der Waals surface area contributed by atoms with Crippen LogP contribution in [-0.4, -0.2) is 17.0 Å². The van der Waals surface area contributed by atoms with Gasteiger partial charge in [0.25, 0.3) is 0 Å². The van der Waals surface area contributed by atoms with E-state index in [-0.39, 0.29) is 11.7 Å². The van der Waals surface area contributed by atoms with Crippen molar-refractivity contribution in [1.29, 1.82) is 0 Å². The number of hydrogen-bond acceptors (Lipinski definition) is 6. The molecule has 1 unspecified atom stereocenters.